The minimum atomic E-state index is 0.812. The van der Waals surface area contributed by atoms with Crippen molar-refractivity contribution in [2.75, 3.05) is 0 Å². The molecule has 3 aromatic heterocycles. The van der Waals surface area contributed by atoms with Crippen LogP contribution in [-0.4, -0.2) is 24.6 Å². The van der Waals surface area contributed by atoms with Gasteiger partial charge in [0.2, 0.25) is 0 Å². The predicted molar refractivity (Wildman–Crippen MR) is 75.3 cm³/mol. The molecule has 5 heteroatoms. The normalized spacial score (nSPS) is 13.6. The molecule has 0 fully saturated rings. The summed E-state index contributed by atoms with van der Waals surface area (Å²) in [5.41, 5.74) is 6.10. The molecular formula is C15H13N5. The van der Waals surface area contributed by atoms with E-state index >= 15 is 0 Å². The van der Waals surface area contributed by atoms with E-state index in [-0.39, 0.29) is 0 Å². The highest BCUT2D eigenvalue weighted by Crippen LogP contribution is 2.30. The van der Waals surface area contributed by atoms with Crippen molar-refractivity contribution in [3.05, 3.63) is 59.1 Å². The molecule has 98 valence electrons. The standard InChI is InChI=1S/C15H13N5/c1-9-7-17-15-6-5-14(19-20(9)15)11-3-4-13-12(11)8-16-10(2)18-13/h3,5-8H,4H2,1-2H3. The van der Waals surface area contributed by atoms with Crippen LogP contribution in [0, 0.1) is 13.8 Å². The fraction of sp³-hybridized carbons (Fsp3) is 0.200. The molecule has 0 saturated carbocycles. The second-order valence-electron chi connectivity index (χ2n) is 4.99. The molecule has 4 rings (SSSR count). The summed E-state index contributed by atoms with van der Waals surface area (Å²) < 4.78 is 1.86. The Kier molecular flexibility index (Phi) is 2.24. The Labute approximate surface area is 116 Å². The lowest BCUT2D eigenvalue weighted by molar-refractivity contribution is 0.888. The van der Waals surface area contributed by atoms with E-state index < -0.39 is 0 Å². The Bertz CT molecular complexity index is 860. The number of hydrogen-bond donors (Lipinski definition) is 0. The highest BCUT2D eigenvalue weighted by molar-refractivity contribution is 5.82. The maximum Gasteiger partial charge on any atom is 0.153 e. The molecule has 0 bridgehead atoms. The Morgan fingerprint density at radius 3 is 2.90 bits per heavy atom. The predicted octanol–water partition coefficient (Wildman–Crippen LogP) is 2.12. The quantitative estimate of drug-likeness (QED) is 0.675. The zero-order chi connectivity index (χ0) is 13.7. The van der Waals surface area contributed by atoms with E-state index in [9.17, 15) is 0 Å². The summed E-state index contributed by atoms with van der Waals surface area (Å²) >= 11 is 0. The Balaban J connectivity index is 1.87. The first-order chi connectivity index (χ1) is 9.72. The van der Waals surface area contributed by atoms with Gasteiger partial charge in [0.25, 0.3) is 0 Å². The van der Waals surface area contributed by atoms with Crippen molar-refractivity contribution in [3.63, 3.8) is 0 Å². The lowest BCUT2D eigenvalue weighted by atomic mass is 10.1. The fourth-order valence-corrected chi connectivity index (χ4v) is 2.58. The molecule has 5 nitrogen and oxygen atoms in total. The van der Waals surface area contributed by atoms with Crippen LogP contribution < -0.4 is 0 Å². The van der Waals surface area contributed by atoms with E-state index in [1.807, 2.05) is 42.9 Å². The summed E-state index contributed by atoms with van der Waals surface area (Å²) in [6, 6.07) is 3.99. The van der Waals surface area contributed by atoms with Gasteiger partial charge >= 0.3 is 0 Å². The number of imidazole rings is 1. The van der Waals surface area contributed by atoms with Crippen molar-refractivity contribution in [3.8, 4) is 0 Å². The van der Waals surface area contributed by atoms with Crippen LogP contribution in [0.4, 0.5) is 0 Å². The summed E-state index contributed by atoms with van der Waals surface area (Å²) in [5.74, 6) is 0.812. The van der Waals surface area contributed by atoms with Crippen LogP contribution in [0.5, 0.6) is 0 Å². The molecule has 0 unspecified atom stereocenters. The topological polar surface area (TPSA) is 56.0 Å². The fourth-order valence-electron chi connectivity index (χ4n) is 2.58. The number of aromatic nitrogens is 5. The van der Waals surface area contributed by atoms with Crippen molar-refractivity contribution in [1.82, 2.24) is 24.6 Å². The molecule has 20 heavy (non-hydrogen) atoms. The van der Waals surface area contributed by atoms with E-state index in [0.717, 1.165) is 46.1 Å². The minimum Gasteiger partial charge on any atom is -0.241 e. The summed E-state index contributed by atoms with van der Waals surface area (Å²) in [4.78, 5) is 13.1. The van der Waals surface area contributed by atoms with Crippen LogP contribution in [0.15, 0.2) is 30.6 Å². The zero-order valence-corrected chi connectivity index (χ0v) is 11.3. The molecule has 0 amide bonds. The number of aryl methyl sites for hydroxylation is 2. The number of fused-ring (bicyclic) bond motifs is 2. The number of allylic oxidation sites excluding steroid dienone is 1. The third-order valence-corrected chi connectivity index (χ3v) is 3.59. The molecule has 0 saturated heterocycles. The van der Waals surface area contributed by atoms with Gasteiger partial charge in [-0.1, -0.05) is 6.08 Å². The van der Waals surface area contributed by atoms with E-state index in [1.165, 1.54) is 0 Å². The molecule has 0 spiro atoms. The molecular weight excluding hydrogens is 250 g/mol. The van der Waals surface area contributed by atoms with Gasteiger partial charge in [-0.3, -0.25) is 0 Å². The molecule has 0 atom stereocenters. The highest BCUT2D eigenvalue weighted by atomic mass is 15.3. The summed E-state index contributed by atoms with van der Waals surface area (Å²) in [6.07, 6.45) is 6.73. The first kappa shape index (κ1) is 11.3. The minimum absolute atomic E-state index is 0.812. The van der Waals surface area contributed by atoms with Crippen LogP contribution in [0.3, 0.4) is 0 Å². The van der Waals surface area contributed by atoms with E-state index in [2.05, 4.69) is 26.1 Å². The van der Waals surface area contributed by atoms with E-state index in [4.69, 9.17) is 0 Å². The lowest BCUT2D eigenvalue weighted by Crippen LogP contribution is -2.01. The molecule has 3 heterocycles. The van der Waals surface area contributed by atoms with Gasteiger partial charge in [-0.2, -0.15) is 5.10 Å². The smallest absolute Gasteiger partial charge is 0.153 e. The first-order valence-corrected chi connectivity index (χ1v) is 6.57. The van der Waals surface area contributed by atoms with E-state index in [0.29, 0.717) is 0 Å². The lowest BCUT2D eigenvalue weighted by Gasteiger charge is -2.06. The van der Waals surface area contributed by atoms with Crippen LogP contribution >= 0.6 is 0 Å². The largest absolute Gasteiger partial charge is 0.241 e. The van der Waals surface area contributed by atoms with Crippen LogP contribution in [-0.2, 0) is 6.42 Å². The van der Waals surface area contributed by atoms with Gasteiger partial charge in [0.05, 0.1) is 23.3 Å². The maximum absolute atomic E-state index is 4.67. The Hall–Kier alpha value is -2.56. The van der Waals surface area contributed by atoms with Gasteiger partial charge in [0.1, 0.15) is 5.82 Å². The van der Waals surface area contributed by atoms with Crippen molar-refractivity contribution < 1.29 is 0 Å². The molecule has 0 aromatic carbocycles. The Morgan fingerprint density at radius 2 is 2.00 bits per heavy atom. The average molecular weight is 263 g/mol. The molecule has 1 aliphatic rings. The second kappa shape index (κ2) is 3.96. The molecule has 0 aliphatic heterocycles. The highest BCUT2D eigenvalue weighted by Gasteiger charge is 2.19. The Morgan fingerprint density at radius 1 is 1.10 bits per heavy atom. The third kappa shape index (κ3) is 1.56. The second-order valence-corrected chi connectivity index (χ2v) is 4.99. The van der Waals surface area contributed by atoms with Crippen LogP contribution in [0.1, 0.15) is 28.5 Å². The molecule has 3 aromatic rings. The van der Waals surface area contributed by atoms with Crippen LogP contribution in [0.2, 0.25) is 0 Å². The van der Waals surface area contributed by atoms with Gasteiger partial charge in [-0.15, -0.1) is 0 Å². The van der Waals surface area contributed by atoms with Gasteiger partial charge in [0.15, 0.2) is 5.65 Å². The first-order valence-electron chi connectivity index (χ1n) is 6.57. The van der Waals surface area contributed by atoms with E-state index in [1.54, 1.807) is 0 Å². The van der Waals surface area contributed by atoms with Crippen molar-refractivity contribution in [2.45, 2.75) is 20.3 Å². The monoisotopic (exact) mass is 263 g/mol. The van der Waals surface area contributed by atoms with Crippen molar-refractivity contribution >= 4 is 11.2 Å². The summed E-state index contributed by atoms with van der Waals surface area (Å²) in [7, 11) is 0. The number of hydrogen-bond acceptors (Lipinski definition) is 4. The SMILES string of the molecule is Cc1ncc2c(n1)CC=C2c1ccc2ncc(C)n2n1. The molecule has 0 radical (unpaired) electrons. The summed E-state index contributed by atoms with van der Waals surface area (Å²) in [6.45, 7) is 3.91. The van der Waals surface area contributed by atoms with Crippen LogP contribution in [0.25, 0.3) is 11.2 Å². The number of nitrogens with zero attached hydrogens (tertiary/aromatic N) is 5. The molecule has 1 aliphatic carbocycles. The van der Waals surface area contributed by atoms with Gasteiger partial charge < -0.3 is 0 Å². The van der Waals surface area contributed by atoms with Crippen molar-refractivity contribution in [1.29, 1.82) is 0 Å². The maximum atomic E-state index is 4.67. The van der Waals surface area contributed by atoms with Gasteiger partial charge in [-0.25, -0.2) is 19.5 Å². The average Bonchev–Trinajstić information content (AvgIpc) is 3.02. The molecule has 0 N–H and O–H groups in total. The third-order valence-electron chi connectivity index (χ3n) is 3.59. The van der Waals surface area contributed by atoms with Crippen molar-refractivity contribution in [2.24, 2.45) is 0 Å². The zero-order valence-electron chi connectivity index (χ0n) is 11.3. The van der Waals surface area contributed by atoms with Gasteiger partial charge in [0, 0.05) is 23.8 Å². The number of rotatable bonds is 1. The summed E-state index contributed by atoms with van der Waals surface area (Å²) in [5, 5.41) is 4.67. The van der Waals surface area contributed by atoms with Gasteiger partial charge in [-0.05, 0) is 26.0 Å².